The molecule has 1 N–H and O–H groups in total. The van der Waals surface area contributed by atoms with E-state index in [0.717, 1.165) is 6.42 Å². The van der Waals surface area contributed by atoms with E-state index in [0.29, 0.717) is 19.5 Å². The van der Waals surface area contributed by atoms with Crippen LogP contribution in [0.3, 0.4) is 0 Å². The van der Waals surface area contributed by atoms with Gasteiger partial charge in [-0.1, -0.05) is 6.92 Å². The van der Waals surface area contributed by atoms with E-state index in [1.807, 2.05) is 13.0 Å². The lowest BCUT2D eigenvalue weighted by atomic mass is 10.1. The lowest BCUT2D eigenvalue weighted by Gasteiger charge is -2.18. The monoisotopic (exact) mass is 223 g/mol. The number of nitriles is 1. The summed E-state index contributed by atoms with van der Waals surface area (Å²) in [4.78, 5) is 24.3. The van der Waals surface area contributed by atoms with E-state index >= 15 is 0 Å². The summed E-state index contributed by atoms with van der Waals surface area (Å²) in [7, 11) is 0. The minimum atomic E-state index is -0.545. The van der Waals surface area contributed by atoms with Gasteiger partial charge in [0.1, 0.15) is 5.92 Å². The highest BCUT2D eigenvalue weighted by atomic mass is 16.2. The van der Waals surface area contributed by atoms with Crippen molar-refractivity contribution in [3.63, 3.8) is 0 Å². The molecular formula is C11H17N3O2. The summed E-state index contributed by atoms with van der Waals surface area (Å²) in [5.41, 5.74) is 0. The summed E-state index contributed by atoms with van der Waals surface area (Å²) in [6.07, 6.45) is 1.31. The van der Waals surface area contributed by atoms with Crippen molar-refractivity contribution in [1.82, 2.24) is 10.2 Å². The number of nitrogens with zero attached hydrogens (tertiary/aromatic N) is 2. The molecule has 0 radical (unpaired) electrons. The second-order valence-electron chi connectivity index (χ2n) is 4.06. The van der Waals surface area contributed by atoms with Crippen LogP contribution in [0.15, 0.2) is 0 Å². The maximum Gasteiger partial charge on any atom is 0.239 e. The first-order valence-corrected chi connectivity index (χ1v) is 5.54. The number of amides is 2. The first-order chi connectivity index (χ1) is 7.58. The number of nitrogens with one attached hydrogen (secondary N) is 1. The van der Waals surface area contributed by atoms with Gasteiger partial charge >= 0.3 is 0 Å². The van der Waals surface area contributed by atoms with Crippen LogP contribution in [0.25, 0.3) is 0 Å². The van der Waals surface area contributed by atoms with Crippen molar-refractivity contribution in [2.24, 2.45) is 5.92 Å². The van der Waals surface area contributed by atoms with Crippen molar-refractivity contribution in [3.05, 3.63) is 0 Å². The summed E-state index contributed by atoms with van der Waals surface area (Å²) in [5, 5.41) is 11.6. The Balaban J connectivity index is 2.50. The van der Waals surface area contributed by atoms with E-state index < -0.39 is 5.92 Å². The average molecular weight is 223 g/mol. The molecule has 1 aliphatic rings. The van der Waals surface area contributed by atoms with E-state index in [2.05, 4.69) is 5.32 Å². The Morgan fingerprint density at radius 1 is 1.62 bits per heavy atom. The van der Waals surface area contributed by atoms with Crippen LogP contribution in [0.5, 0.6) is 0 Å². The van der Waals surface area contributed by atoms with Gasteiger partial charge < -0.3 is 10.2 Å². The third-order valence-corrected chi connectivity index (χ3v) is 2.77. The number of hydrogen-bond acceptors (Lipinski definition) is 3. The number of rotatable bonds is 3. The maximum absolute atomic E-state index is 11.8. The van der Waals surface area contributed by atoms with Crippen LogP contribution >= 0.6 is 0 Å². The van der Waals surface area contributed by atoms with Crippen molar-refractivity contribution >= 4 is 11.8 Å². The predicted molar refractivity (Wildman–Crippen MR) is 58.2 cm³/mol. The van der Waals surface area contributed by atoms with E-state index in [1.54, 1.807) is 4.90 Å². The molecule has 2 amide bonds. The standard InChI is InChI=1S/C11H17N3O2/c1-3-9(6-12)11(16)14-5-4-10(7-14)13-8(2)15/h9-10H,3-5,7H2,1-2H3,(H,13,15). The van der Waals surface area contributed by atoms with Gasteiger partial charge in [-0.15, -0.1) is 0 Å². The number of carbonyl (C=O) groups excluding carboxylic acids is 2. The van der Waals surface area contributed by atoms with Crippen molar-refractivity contribution in [2.45, 2.75) is 32.7 Å². The van der Waals surface area contributed by atoms with Gasteiger partial charge in [-0.05, 0) is 12.8 Å². The normalized spacial score (nSPS) is 21.3. The molecule has 88 valence electrons. The molecule has 0 spiro atoms. The van der Waals surface area contributed by atoms with Crippen LogP contribution in [0, 0.1) is 17.2 Å². The van der Waals surface area contributed by atoms with Crippen LogP contribution in [-0.4, -0.2) is 35.8 Å². The Labute approximate surface area is 95.4 Å². The largest absolute Gasteiger partial charge is 0.352 e. The quantitative estimate of drug-likeness (QED) is 0.746. The third-order valence-electron chi connectivity index (χ3n) is 2.77. The molecule has 2 unspecified atom stereocenters. The summed E-state index contributed by atoms with van der Waals surface area (Å²) < 4.78 is 0. The van der Waals surface area contributed by atoms with E-state index in [1.165, 1.54) is 6.92 Å². The van der Waals surface area contributed by atoms with Gasteiger partial charge in [-0.2, -0.15) is 5.26 Å². The molecule has 0 saturated carbocycles. The van der Waals surface area contributed by atoms with Crippen LogP contribution < -0.4 is 5.32 Å². The fraction of sp³-hybridized carbons (Fsp3) is 0.727. The Hall–Kier alpha value is -1.57. The molecular weight excluding hydrogens is 206 g/mol. The number of carbonyl (C=O) groups is 2. The molecule has 0 aromatic heterocycles. The molecule has 5 nitrogen and oxygen atoms in total. The molecule has 1 rings (SSSR count). The number of likely N-dealkylation sites (tertiary alicyclic amines) is 1. The molecule has 1 fully saturated rings. The fourth-order valence-electron chi connectivity index (χ4n) is 1.91. The Bertz CT molecular complexity index is 322. The van der Waals surface area contributed by atoms with Gasteiger partial charge in [0.2, 0.25) is 11.8 Å². The second-order valence-corrected chi connectivity index (χ2v) is 4.06. The van der Waals surface area contributed by atoms with Crippen molar-refractivity contribution in [2.75, 3.05) is 13.1 Å². The van der Waals surface area contributed by atoms with E-state index in [9.17, 15) is 9.59 Å². The smallest absolute Gasteiger partial charge is 0.239 e. The molecule has 1 aliphatic heterocycles. The second kappa shape index (κ2) is 5.50. The van der Waals surface area contributed by atoms with Crippen LogP contribution in [0.2, 0.25) is 0 Å². The molecule has 0 bridgehead atoms. The Morgan fingerprint density at radius 3 is 2.81 bits per heavy atom. The highest BCUT2D eigenvalue weighted by molar-refractivity contribution is 5.81. The molecule has 0 aliphatic carbocycles. The van der Waals surface area contributed by atoms with Gasteiger partial charge in [0.25, 0.3) is 0 Å². The SMILES string of the molecule is CCC(C#N)C(=O)N1CCC(NC(C)=O)C1. The highest BCUT2D eigenvalue weighted by Gasteiger charge is 2.30. The van der Waals surface area contributed by atoms with Gasteiger partial charge in [0, 0.05) is 26.1 Å². The van der Waals surface area contributed by atoms with Gasteiger partial charge in [-0.3, -0.25) is 9.59 Å². The van der Waals surface area contributed by atoms with Gasteiger partial charge in [-0.25, -0.2) is 0 Å². The minimum absolute atomic E-state index is 0.0395. The lowest BCUT2D eigenvalue weighted by molar-refractivity contribution is -0.133. The summed E-state index contributed by atoms with van der Waals surface area (Å²) in [6.45, 7) is 4.44. The van der Waals surface area contributed by atoms with E-state index in [4.69, 9.17) is 5.26 Å². The summed E-state index contributed by atoms with van der Waals surface area (Å²) in [5.74, 6) is -0.736. The van der Waals surface area contributed by atoms with Crippen molar-refractivity contribution in [1.29, 1.82) is 5.26 Å². The molecule has 1 heterocycles. The zero-order valence-electron chi connectivity index (χ0n) is 9.69. The molecule has 5 heteroatoms. The van der Waals surface area contributed by atoms with Crippen LogP contribution in [-0.2, 0) is 9.59 Å². The van der Waals surface area contributed by atoms with Crippen LogP contribution in [0.1, 0.15) is 26.7 Å². The fourth-order valence-corrected chi connectivity index (χ4v) is 1.91. The molecule has 2 atom stereocenters. The molecule has 16 heavy (non-hydrogen) atoms. The first-order valence-electron chi connectivity index (χ1n) is 5.54. The summed E-state index contributed by atoms with van der Waals surface area (Å²) in [6, 6.07) is 2.04. The Morgan fingerprint density at radius 2 is 2.31 bits per heavy atom. The first kappa shape index (κ1) is 12.5. The average Bonchev–Trinajstić information content (AvgIpc) is 2.67. The van der Waals surface area contributed by atoms with Gasteiger partial charge in [0.15, 0.2) is 0 Å². The molecule has 0 aromatic rings. The zero-order chi connectivity index (χ0) is 12.1. The lowest BCUT2D eigenvalue weighted by Crippen LogP contribution is -2.39. The van der Waals surface area contributed by atoms with E-state index in [-0.39, 0.29) is 17.9 Å². The Kier molecular flexibility index (Phi) is 4.29. The van der Waals surface area contributed by atoms with Crippen molar-refractivity contribution in [3.8, 4) is 6.07 Å². The maximum atomic E-state index is 11.8. The molecule has 1 saturated heterocycles. The predicted octanol–water partition coefficient (Wildman–Crippen LogP) is 0.273. The topological polar surface area (TPSA) is 73.2 Å². The van der Waals surface area contributed by atoms with Crippen LogP contribution in [0.4, 0.5) is 0 Å². The highest BCUT2D eigenvalue weighted by Crippen LogP contribution is 2.14. The summed E-state index contributed by atoms with van der Waals surface area (Å²) >= 11 is 0. The third kappa shape index (κ3) is 2.96. The van der Waals surface area contributed by atoms with Crippen molar-refractivity contribution < 1.29 is 9.59 Å². The zero-order valence-corrected chi connectivity index (χ0v) is 9.69. The number of hydrogen-bond donors (Lipinski definition) is 1. The van der Waals surface area contributed by atoms with Gasteiger partial charge in [0.05, 0.1) is 6.07 Å². The molecule has 0 aromatic carbocycles. The minimum Gasteiger partial charge on any atom is -0.352 e.